The van der Waals surface area contributed by atoms with Crippen molar-refractivity contribution < 1.29 is 4.42 Å². The Hall–Kier alpha value is -3.39. The fourth-order valence-electron chi connectivity index (χ4n) is 3.76. The normalized spacial score (nSPS) is 15.3. The van der Waals surface area contributed by atoms with E-state index < -0.39 is 0 Å². The third-order valence-corrected chi connectivity index (χ3v) is 5.23. The van der Waals surface area contributed by atoms with Crippen LogP contribution in [-0.2, 0) is 0 Å². The summed E-state index contributed by atoms with van der Waals surface area (Å²) in [5.41, 5.74) is 15.8. The molecule has 5 N–H and O–H groups in total. The molecule has 0 amide bonds. The molecule has 1 aliphatic rings. The number of aromatic nitrogens is 4. The van der Waals surface area contributed by atoms with Crippen LogP contribution >= 0.6 is 0 Å². The molecule has 1 aliphatic heterocycles. The van der Waals surface area contributed by atoms with Gasteiger partial charge in [0.05, 0.1) is 17.9 Å². The molecule has 0 bridgehead atoms. The van der Waals surface area contributed by atoms with Gasteiger partial charge >= 0.3 is 0 Å². The molecule has 8 heteroatoms. The first-order valence-electron chi connectivity index (χ1n) is 9.33. The highest BCUT2D eigenvalue weighted by Crippen LogP contribution is 2.37. The standard InChI is InChI=1S/C20H21N7O/c21-14-5-12(7-24-9-14)18-6-16-17(10-25-20(22)19(16)28-18)13-8-26-27(11-13)15-1-3-23-4-2-15/h5-11,15,23H,1-4,21H2,(H2,22,25). The van der Waals surface area contributed by atoms with Gasteiger partial charge in [0.2, 0.25) is 0 Å². The minimum absolute atomic E-state index is 0.354. The Balaban J connectivity index is 1.58. The number of furan rings is 1. The highest BCUT2D eigenvalue weighted by Gasteiger charge is 2.19. The summed E-state index contributed by atoms with van der Waals surface area (Å²) in [7, 11) is 0. The van der Waals surface area contributed by atoms with E-state index in [1.165, 1.54) is 0 Å². The number of nitrogens with zero attached hydrogens (tertiary/aromatic N) is 4. The molecule has 0 aliphatic carbocycles. The van der Waals surface area contributed by atoms with Crippen LogP contribution in [0.4, 0.5) is 11.5 Å². The minimum Gasteiger partial charge on any atom is -0.452 e. The molecular weight excluding hydrogens is 354 g/mol. The van der Waals surface area contributed by atoms with Crippen molar-refractivity contribution in [2.75, 3.05) is 24.6 Å². The number of hydrogen-bond acceptors (Lipinski definition) is 7. The third-order valence-electron chi connectivity index (χ3n) is 5.23. The maximum Gasteiger partial charge on any atom is 0.177 e. The molecule has 0 atom stereocenters. The van der Waals surface area contributed by atoms with Gasteiger partial charge in [0, 0.05) is 46.9 Å². The number of nitrogens with two attached hydrogens (primary N) is 2. The van der Waals surface area contributed by atoms with Crippen LogP contribution in [0.15, 0.2) is 47.5 Å². The van der Waals surface area contributed by atoms with Crippen molar-refractivity contribution in [2.24, 2.45) is 0 Å². The summed E-state index contributed by atoms with van der Waals surface area (Å²) in [4.78, 5) is 8.47. The van der Waals surface area contributed by atoms with E-state index in [1.54, 1.807) is 18.6 Å². The minimum atomic E-state index is 0.354. The fourth-order valence-corrected chi connectivity index (χ4v) is 3.76. The molecule has 5 heterocycles. The molecule has 0 aromatic carbocycles. The number of pyridine rings is 2. The lowest BCUT2D eigenvalue weighted by Crippen LogP contribution is -2.29. The van der Waals surface area contributed by atoms with E-state index in [-0.39, 0.29) is 0 Å². The van der Waals surface area contributed by atoms with E-state index in [9.17, 15) is 0 Å². The summed E-state index contributed by atoms with van der Waals surface area (Å²) in [6.45, 7) is 2.04. The lowest BCUT2D eigenvalue weighted by atomic mass is 10.1. The quantitative estimate of drug-likeness (QED) is 0.503. The molecule has 0 radical (unpaired) electrons. The Kier molecular flexibility index (Phi) is 3.98. The predicted octanol–water partition coefficient (Wildman–Crippen LogP) is 2.84. The molecule has 5 rings (SSSR count). The average Bonchev–Trinajstić information content (AvgIpc) is 3.37. The van der Waals surface area contributed by atoms with Crippen molar-refractivity contribution >= 4 is 22.5 Å². The zero-order chi connectivity index (χ0) is 19.1. The van der Waals surface area contributed by atoms with Crippen molar-refractivity contribution in [1.82, 2.24) is 25.1 Å². The monoisotopic (exact) mass is 375 g/mol. The second-order valence-electron chi connectivity index (χ2n) is 7.11. The first-order chi connectivity index (χ1) is 13.7. The molecule has 0 saturated carbocycles. The van der Waals surface area contributed by atoms with Crippen LogP contribution in [0, 0.1) is 0 Å². The van der Waals surface area contributed by atoms with Crippen molar-refractivity contribution in [3.63, 3.8) is 0 Å². The van der Waals surface area contributed by atoms with E-state index in [1.807, 2.05) is 18.3 Å². The number of rotatable bonds is 3. The summed E-state index contributed by atoms with van der Waals surface area (Å²) < 4.78 is 8.06. The maximum atomic E-state index is 6.07. The zero-order valence-electron chi connectivity index (χ0n) is 15.3. The summed E-state index contributed by atoms with van der Waals surface area (Å²) in [5, 5.41) is 8.88. The highest BCUT2D eigenvalue weighted by atomic mass is 16.3. The molecule has 142 valence electrons. The Morgan fingerprint density at radius 3 is 2.71 bits per heavy atom. The molecule has 4 aromatic rings. The number of piperidine rings is 1. The summed E-state index contributed by atoms with van der Waals surface area (Å²) >= 11 is 0. The number of hydrogen-bond donors (Lipinski definition) is 3. The summed E-state index contributed by atoms with van der Waals surface area (Å²) in [6, 6.07) is 4.20. The van der Waals surface area contributed by atoms with Gasteiger partial charge in [-0.05, 0) is 38.1 Å². The van der Waals surface area contributed by atoms with Crippen molar-refractivity contribution in [3.05, 3.63) is 43.1 Å². The molecule has 8 nitrogen and oxygen atoms in total. The van der Waals surface area contributed by atoms with Crippen molar-refractivity contribution in [1.29, 1.82) is 0 Å². The van der Waals surface area contributed by atoms with E-state index in [0.717, 1.165) is 48.0 Å². The summed E-state index contributed by atoms with van der Waals surface area (Å²) in [6.07, 6.45) is 11.2. The molecular formula is C20H21N7O. The Bertz CT molecular complexity index is 1140. The molecule has 0 spiro atoms. The number of anilines is 2. The molecule has 1 saturated heterocycles. The SMILES string of the molecule is Nc1cncc(-c2cc3c(-c4cnn(C5CCNCC5)c4)cnc(N)c3o2)c1. The first kappa shape index (κ1) is 16.8. The van der Waals surface area contributed by atoms with Gasteiger partial charge in [-0.1, -0.05) is 0 Å². The Labute approximate surface area is 161 Å². The van der Waals surface area contributed by atoms with E-state index in [4.69, 9.17) is 15.9 Å². The zero-order valence-corrected chi connectivity index (χ0v) is 15.3. The smallest absolute Gasteiger partial charge is 0.177 e. The third kappa shape index (κ3) is 2.87. The maximum absolute atomic E-state index is 6.07. The van der Waals surface area contributed by atoms with Crippen LogP contribution < -0.4 is 16.8 Å². The van der Waals surface area contributed by atoms with Gasteiger partial charge in [0.1, 0.15) is 5.76 Å². The van der Waals surface area contributed by atoms with Gasteiger partial charge in [0.15, 0.2) is 11.4 Å². The average molecular weight is 375 g/mol. The Morgan fingerprint density at radius 1 is 1.04 bits per heavy atom. The van der Waals surface area contributed by atoms with Gasteiger partial charge < -0.3 is 21.2 Å². The lowest BCUT2D eigenvalue weighted by molar-refractivity contribution is 0.343. The highest BCUT2D eigenvalue weighted by molar-refractivity contribution is 6.00. The van der Waals surface area contributed by atoms with Crippen molar-refractivity contribution in [3.8, 4) is 22.5 Å². The van der Waals surface area contributed by atoms with Crippen LogP contribution in [0.3, 0.4) is 0 Å². The molecule has 0 unspecified atom stereocenters. The second-order valence-corrected chi connectivity index (χ2v) is 7.11. The van der Waals surface area contributed by atoms with Crippen LogP contribution in [-0.4, -0.2) is 32.8 Å². The van der Waals surface area contributed by atoms with Gasteiger partial charge in [-0.25, -0.2) is 4.98 Å². The van der Waals surface area contributed by atoms with E-state index in [2.05, 4.69) is 31.3 Å². The number of fused-ring (bicyclic) bond motifs is 1. The van der Waals surface area contributed by atoms with Crippen LogP contribution in [0.2, 0.25) is 0 Å². The second kappa shape index (κ2) is 6.65. The van der Waals surface area contributed by atoms with Crippen LogP contribution in [0.25, 0.3) is 33.4 Å². The first-order valence-corrected chi connectivity index (χ1v) is 9.33. The molecule has 28 heavy (non-hydrogen) atoms. The summed E-state index contributed by atoms with van der Waals surface area (Å²) in [5.74, 6) is 1.01. The Morgan fingerprint density at radius 2 is 1.89 bits per heavy atom. The molecule has 1 fully saturated rings. The number of nitrogens with one attached hydrogen (secondary N) is 1. The van der Waals surface area contributed by atoms with Gasteiger partial charge in [-0.15, -0.1) is 0 Å². The lowest BCUT2D eigenvalue weighted by Gasteiger charge is -2.22. The van der Waals surface area contributed by atoms with Crippen LogP contribution in [0.5, 0.6) is 0 Å². The van der Waals surface area contributed by atoms with Crippen LogP contribution in [0.1, 0.15) is 18.9 Å². The van der Waals surface area contributed by atoms with Gasteiger partial charge in [-0.3, -0.25) is 9.67 Å². The predicted molar refractivity (Wildman–Crippen MR) is 108 cm³/mol. The topological polar surface area (TPSA) is 121 Å². The fraction of sp³-hybridized carbons (Fsp3) is 0.250. The molecule has 4 aromatic heterocycles. The number of nitrogen functional groups attached to an aromatic ring is 2. The van der Waals surface area contributed by atoms with Gasteiger partial charge in [0.25, 0.3) is 0 Å². The van der Waals surface area contributed by atoms with E-state index >= 15 is 0 Å². The largest absolute Gasteiger partial charge is 0.452 e. The van der Waals surface area contributed by atoms with Crippen molar-refractivity contribution in [2.45, 2.75) is 18.9 Å². The van der Waals surface area contributed by atoms with Gasteiger partial charge in [-0.2, -0.15) is 5.10 Å². The van der Waals surface area contributed by atoms with E-state index in [0.29, 0.717) is 28.9 Å².